The number of nitrogens with two attached hydrogens (primary N) is 1. The fraction of sp³-hybridized carbons (Fsp3) is 0.136. The van der Waals surface area contributed by atoms with Crippen LogP contribution in [-0.4, -0.2) is 41.2 Å². The lowest BCUT2D eigenvalue weighted by Crippen LogP contribution is -2.28. The highest BCUT2D eigenvalue weighted by atomic mass is 32.2. The van der Waals surface area contributed by atoms with Gasteiger partial charge >= 0.3 is 12.1 Å². The van der Waals surface area contributed by atoms with Gasteiger partial charge in [0.15, 0.2) is 21.3 Å². The molecule has 182 valence electrons. The molecule has 0 aliphatic heterocycles. The van der Waals surface area contributed by atoms with E-state index in [0.29, 0.717) is 5.56 Å². The van der Waals surface area contributed by atoms with Crippen LogP contribution in [0.15, 0.2) is 53.6 Å². The van der Waals surface area contributed by atoms with E-state index < -0.39 is 33.7 Å². The maximum absolute atomic E-state index is 14.4. The van der Waals surface area contributed by atoms with E-state index in [1.165, 1.54) is 47.0 Å². The number of aromatic nitrogens is 3. The molecule has 0 atom stereocenters. The Morgan fingerprint density at radius 2 is 1.77 bits per heavy atom. The number of benzene rings is 2. The summed E-state index contributed by atoms with van der Waals surface area (Å²) in [5.74, 6) is -4.25. The number of halogens is 4. The van der Waals surface area contributed by atoms with E-state index in [4.69, 9.17) is 5.73 Å². The SMILES string of the molecule is Cc1ccc(S(C)(=O)=O)cc1-c1c(OC(=O)C(F)(F)F)nc2c(N)nc(-c3ccccc3F)cn12. The number of fused-ring (bicyclic) bond motifs is 1. The van der Waals surface area contributed by atoms with Gasteiger partial charge in [-0.15, -0.1) is 0 Å². The van der Waals surface area contributed by atoms with Crippen molar-refractivity contribution in [2.24, 2.45) is 0 Å². The van der Waals surface area contributed by atoms with E-state index in [9.17, 15) is 30.8 Å². The molecule has 4 rings (SSSR count). The highest BCUT2D eigenvalue weighted by Crippen LogP contribution is 2.37. The number of nitrogens with zero attached hydrogens (tertiary/aromatic N) is 3. The molecule has 0 unspecified atom stereocenters. The number of hydrogen-bond acceptors (Lipinski definition) is 7. The van der Waals surface area contributed by atoms with E-state index in [0.717, 1.165) is 6.26 Å². The molecule has 0 bridgehead atoms. The van der Waals surface area contributed by atoms with Crippen molar-refractivity contribution in [3.05, 3.63) is 60.0 Å². The lowest BCUT2D eigenvalue weighted by Gasteiger charge is -2.12. The summed E-state index contributed by atoms with van der Waals surface area (Å²) in [7, 11) is -3.71. The molecule has 0 aliphatic carbocycles. The van der Waals surface area contributed by atoms with Gasteiger partial charge in [-0.05, 0) is 36.8 Å². The Morgan fingerprint density at radius 3 is 2.40 bits per heavy atom. The summed E-state index contributed by atoms with van der Waals surface area (Å²) in [5.41, 5.74) is 6.16. The molecule has 8 nitrogen and oxygen atoms in total. The Labute approximate surface area is 195 Å². The number of anilines is 1. The topological polar surface area (TPSA) is 117 Å². The van der Waals surface area contributed by atoms with Gasteiger partial charge in [-0.25, -0.2) is 22.6 Å². The van der Waals surface area contributed by atoms with Crippen LogP contribution in [-0.2, 0) is 14.6 Å². The third-order valence-corrected chi connectivity index (χ3v) is 6.17. The van der Waals surface area contributed by atoms with Gasteiger partial charge in [0.05, 0.1) is 10.6 Å². The summed E-state index contributed by atoms with van der Waals surface area (Å²) in [6, 6.07) is 9.56. The lowest BCUT2D eigenvalue weighted by molar-refractivity contribution is -0.189. The fourth-order valence-electron chi connectivity index (χ4n) is 3.40. The molecule has 2 N–H and O–H groups in total. The number of rotatable bonds is 4. The van der Waals surface area contributed by atoms with Gasteiger partial charge in [-0.2, -0.15) is 18.2 Å². The summed E-state index contributed by atoms with van der Waals surface area (Å²) in [6.45, 7) is 1.57. The number of esters is 1. The number of sulfone groups is 1. The van der Waals surface area contributed by atoms with Crippen LogP contribution >= 0.6 is 0 Å². The van der Waals surface area contributed by atoms with Crippen molar-refractivity contribution in [2.75, 3.05) is 12.0 Å². The Kier molecular flexibility index (Phi) is 5.75. The molecule has 2 aromatic heterocycles. The van der Waals surface area contributed by atoms with Crippen molar-refractivity contribution in [3.8, 4) is 28.4 Å². The number of alkyl halides is 3. The quantitative estimate of drug-likeness (QED) is 0.328. The molecule has 0 spiro atoms. The third-order valence-electron chi connectivity index (χ3n) is 5.06. The van der Waals surface area contributed by atoms with Crippen molar-refractivity contribution < 1.29 is 35.5 Å². The first kappa shape index (κ1) is 24.1. The molecule has 2 aromatic carbocycles. The molecule has 0 radical (unpaired) electrons. The zero-order valence-corrected chi connectivity index (χ0v) is 18.9. The molecule has 0 saturated heterocycles. The van der Waals surface area contributed by atoms with Crippen LogP contribution in [0.2, 0.25) is 0 Å². The van der Waals surface area contributed by atoms with Crippen LogP contribution < -0.4 is 10.5 Å². The fourth-order valence-corrected chi connectivity index (χ4v) is 4.04. The monoisotopic (exact) mass is 508 g/mol. The first-order chi connectivity index (χ1) is 16.3. The van der Waals surface area contributed by atoms with Crippen molar-refractivity contribution in [1.29, 1.82) is 0 Å². The number of imidazole rings is 1. The number of aryl methyl sites for hydroxylation is 1. The first-order valence-electron chi connectivity index (χ1n) is 9.81. The summed E-state index contributed by atoms with van der Waals surface area (Å²) in [4.78, 5) is 19.5. The van der Waals surface area contributed by atoms with E-state index >= 15 is 0 Å². The Balaban J connectivity index is 2.07. The van der Waals surface area contributed by atoms with Crippen molar-refractivity contribution in [2.45, 2.75) is 18.0 Å². The van der Waals surface area contributed by atoms with E-state index in [2.05, 4.69) is 14.7 Å². The molecular weight excluding hydrogens is 492 g/mol. The minimum atomic E-state index is -5.33. The van der Waals surface area contributed by atoms with Crippen LogP contribution in [0.4, 0.5) is 23.4 Å². The van der Waals surface area contributed by atoms with Gasteiger partial charge in [0.25, 0.3) is 0 Å². The van der Waals surface area contributed by atoms with Gasteiger partial charge in [-0.1, -0.05) is 18.2 Å². The average Bonchev–Trinajstić information content (AvgIpc) is 3.11. The zero-order chi connectivity index (χ0) is 25.7. The van der Waals surface area contributed by atoms with Crippen molar-refractivity contribution in [3.63, 3.8) is 0 Å². The minimum absolute atomic E-state index is 0.0115. The van der Waals surface area contributed by atoms with E-state index in [1.807, 2.05) is 0 Å². The summed E-state index contributed by atoms with van der Waals surface area (Å²) in [5, 5.41) is 0. The highest BCUT2D eigenvalue weighted by Gasteiger charge is 2.42. The number of hydrogen-bond donors (Lipinski definition) is 1. The maximum atomic E-state index is 14.4. The largest absolute Gasteiger partial charge is 0.491 e. The normalized spacial score (nSPS) is 12.2. The van der Waals surface area contributed by atoms with Crippen molar-refractivity contribution in [1.82, 2.24) is 14.4 Å². The average molecular weight is 508 g/mol. The van der Waals surface area contributed by atoms with Gasteiger partial charge in [0.2, 0.25) is 5.88 Å². The molecule has 2 heterocycles. The van der Waals surface area contributed by atoms with Gasteiger partial charge in [0, 0.05) is 23.6 Å². The molecule has 0 aliphatic rings. The molecule has 0 saturated carbocycles. The van der Waals surface area contributed by atoms with Gasteiger partial charge < -0.3 is 10.5 Å². The molecule has 0 fully saturated rings. The first-order valence-corrected chi connectivity index (χ1v) is 11.7. The number of carbonyl (C=O) groups is 1. The summed E-state index contributed by atoms with van der Waals surface area (Å²) < 4.78 is 83.3. The molecular formula is C22H16F4N4O4S. The van der Waals surface area contributed by atoms with Gasteiger partial charge in [-0.3, -0.25) is 4.40 Å². The van der Waals surface area contributed by atoms with Crippen LogP contribution in [0.25, 0.3) is 28.2 Å². The maximum Gasteiger partial charge on any atom is 0.491 e. The molecule has 35 heavy (non-hydrogen) atoms. The second kappa shape index (κ2) is 8.34. The number of carbonyl (C=O) groups excluding carboxylic acids is 1. The second-order valence-corrected chi connectivity index (χ2v) is 9.60. The summed E-state index contributed by atoms with van der Waals surface area (Å²) >= 11 is 0. The zero-order valence-electron chi connectivity index (χ0n) is 18.1. The smallest absolute Gasteiger partial charge is 0.398 e. The Bertz CT molecular complexity index is 1600. The molecule has 13 heteroatoms. The Morgan fingerprint density at radius 1 is 1.09 bits per heavy atom. The highest BCUT2D eigenvalue weighted by molar-refractivity contribution is 7.90. The Hall–Kier alpha value is -4.00. The molecule has 0 amide bonds. The number of nitrogen functional groups attached to an aromatic ring is 1. The van der Waals surface area contributed by atoms with E-state index in [1.54, 1.807) is 13.0 Å². The van der Waals surface area contributed by atoms with Crippen LogP contribution in [0.1, 0.15) is 5.56 Å². The molecule has 4 aromatic rings. The standard InChI is InChI=1S/C22H16F4N4O4S/c1-11-7-8-12(35(2,32)33)9-14(11)17-20(34-21(31)22(24,25)26)29-19-18(27)28-16(10-30(17)19)13-5-3-4-6-15(13)23/h3-10H,1-2H3,(H2,27,28). The summed E-state index contributed by atoms with van der Waals surface area (Å²) in [6.07, 6.45) is -3.12. The number of ether oxygens (including phenoxy) is 1. The van der Waals surface area contributed by atoms with Crippen LogP contribution in [0.3, 0.4) is 0 Å². The second-order valence-electron chi connectivity index (χ2n) is 7.59. The van der Waals surface area contributed by atoms with Crippen molar-refractivity contribution >= 4 is 27.3 Å². The predicted octanol–water partition coefficient (Wildman–Crippen LogP) is 3.96. The van der Waals surface area contributed by atoms with Crippen LogP contribution in [0, 0.1) is 12.7 Å². The van der Waals surface area contributed by atoms with E-state index in [-0.39, 0.29) is 38.9 Å². The predicted molar refractivity (Wildman–Crippen MR) is 118 cm³/mol. The lowest BCUT2D eigenvalue weighted by atomic mass is 10.1. The minimum Gasteiger partial charge on any atom is -0.398 e. The van der Waals surface area contributed by atoms with Crippen LogP contribution in [0.5, 0.6) is 5.88 Å². The van der Waals surface area contributed by atoms with Gasteiger partial charge in [0.1, 0.15) is 11.5 Å². The third kappa shape index (κ3) is 4.54.